The predicted octanol–water partition coefficient (Wildman–Crippen LogP) is 2.29. The van der Waals surface area contributed by atoms with Crippen LogP contribution in [0, 0.1) is 0 Å². The van der Waals surface area contributed by atoms with Crippen molar-refractivity contribution in [2.24, 2.45) is 5.73 Å². The Labute approximate surface area is 163 Å². The van der Waals surface area contributed by atoms with Gasteiger partial charge in [-0.05, 0) is 17.7 Å². The molecule has 0 aliphatic carbocycles. The number of nitrogens with zero attached hydrogens (tertiary/aromatic N) is 2. The van der Waals surface area contributed by atoms with E-state index in [1.54, 1.807) is 17.5 Å². The maximum Gasteiger partial charge on any atom is 0.258 e. The number of anilines is 1. The molecule has 2 heterocycles. The van der Waals surface area contributed by atoms with Gasteiger partial charge in [0, 0.05) is 22.7 Å². The molecule has 3 aromatic rings. The summed E-state index contributed by atoms with van der Waals surface area (Å²) in [5.74, 6) is -0.910. The Hall–Kier alpha value is -2.97. The molecule has 0 saturated heterocycles. The van der Waals surface area contributed by atoms with Crippen LogP contribution < -0.4 is 16.6 Å². The summed E-state index contributed by atoms with van der Waals surface area (Å²) in [7, 11) is 0. The molecular formula is C18H15ClN4O3S. The van der Waals surface area contributed by atoms with Crippen LogP contribution in [0.3, 0.4) is 0 Å². The Bertz CT molecular complexity index is 1060. The number of halogens is 1. The Morgan fingerprint density at radius 1 is 1.22 bits per heavy atom. The molecule has 0 bridgehead atoms. The van der Waals surface area contributed by atoms with Gasteiger partial charge in [0.15, 0.2) is 5.13 Å². The third-order valence-corrected chi connectivity index (χ3v) is 4.85. The van der Waals surface area contributed by atoms with E-state index in [0.717, 1.165) is 5.56 Å². The van der Waals surface area contributed by atoms with Crippen LogP contribution in [0.1, 0.15) is 21.6 Å². The highest BCUT2D eigenvalue weighted by molar-refractivity contribution is 7.14. The van der Waals surface area contributed by atoms with Crippen LogP contribution in [-0.4, -0.2) is 21.4 Å². The lowest BCUT2D eigenvalue weighted by Crippen LogP contribution is -2.22. The van der Waals surface area contributed by atoms with Gasteiger partial charge in [-0.25, -0.2) is 4.98 Å². The minimum atomic E-state index is -0.496. The van der Waals surface area contributed by atoms with Gasteiger partial charge in [-0.15, -0.1) is 11.3 Å². The van der Waals surface area contributed by atoms with Crippen molar-refractivity contribution in [3.05, 3.63) is 80.2 Å². The van der Waals surface area contributed by atoms with E-state index in [-0.39, 0.29) is 18.5 Å². The highest BCUT2D eigenvalue weighted by atomic mass is 35.5. The van der Waals surface area contributed by atoms with Crippen LogP contribution in [0.5, 0.6) is 0 Å². The summed E-state index contributed by atoms with van der Waals surface area (Å²) in [5, 5.41) is 5.19. The van der Waals surface area contributed by atoms with Crippen LogP contribution in [0.15, 0.2) is 52.8 Å². The largest absolute Gasteiger partial charge is 0.369 e. The summed E-state index contributed by atoms with van der Waals surface area (Å²) >= 11 is 7.33. The van der Waals surface area contributed by atoms with Crippen molar-refractivity contribution in [3.63, 3.8) is 0 Å². The summed E-state index contributed by atoms with van der Waals surface area (Å²) in [6, 6.07) is 9.96. The molecule has 0 aliphatic rings. The molecule has 9 heteroatoms. The monoisotopic (exact) mass is 402 g/mol. The van der Waals surface area contributed by atoms with Crippen molar-refractivity contribution in [1.82, 2.24) is 9.55 Å². The van der Waals surface area contributed by atoms with Gasteiger partial charge < -0.3 is 10.3 Å². The van der Waals surface area contributed by atoms with Gasteiger partial charge in [-0.3, -0.25) is 19.7 Å². The molecule has 3 rings (SSSR count). The van der Waals surface area contributed by atoms with Crippen LogP contribution in [-0.2, 0) is 17.8 Å². The Morgan fingerprint density at radius 3 is 2.74 bits per heavy atom. The molecular weight excluding hydrogens is 388 g/mol. The van der Waals surface area contributed by atoms with E-state index >= 15 is 0 Å². The number of hydrogen-bond donors (Lipinski definition) is 2. The van der Waals surface area contributed by atoms with E-state index in [0.29, 0.717) is 21.4 Å². The fourth-order valence-corrected chi connectivity index (χ4v) is 3.29. The van der Waals surface area contributed by atoms with Crippen molar-refractivity contribution < 1.29 is 9.59 Å². The highest BCUT2D eigenvalue weighted by Crippen LogP contribution is 2.18. The molecule has 0 spiro atoms. The van der Waals surface area contributed by atoms with Gasteiger partial charge in [-0.1, -0.05) is 29.8 Å². The van der Waals surface area contributed by atoms with E-state index in [2.05, 4.69) is 10.3 Å². The minimum absolute atomic E-state index is 0.00901. The van der Waals surface area contributed by atoms with E-state index in [9.17, 15) is 14.4 Å². The molecule has 2 amide bonds. The molecule has 2 aromatic heterocycles. The van der Waals surface area contributed by atoms with Crippen molar-refractivity contribution in [2.75, 3.05) is 5.32 Å². The van der Waals surface area contributed by atoms with E-state index in [1.807, 2.05) is 12.1 Å². The van der Waals surface area contributed by atoms with Crippen LogP contribution in [0.25, 0.3) is 0 Å². The molecule has 0 saturated carbocycles. The molecule has 0 aliphatic heterocycles. The van der Waals surface area contributed by atoms with Gasteiger partial charge in [0.2, 0.25) is 5.91 Å². The SMILES string of the molecule is NC(=O)Cc1csc(NC(=O)c2ccc(=O)n(Cc3ccccc3Cl)c2)n1. The number of rotatable bonds is 6. The number of amides is 2. The summed E-state index contributed by atoms with van der Waals surface area (Å²) in [5.41, 5.74) is 6.45. The third-order valence-electron chi connectivity index (χ3n) is 3.67. The lowest BCUT2D eigenvalue weighted by molar-refractivity contribution is -0.117. The average Bonchev–Trinajstić information content (AvgIpc) is 3.04. The molecule has 0 atom stereocenters. The fraction of sp³-hybridized carbons (Fsp3) is 0.111. The number of pyridine rings is 1. The zero-order valence-electron chi connectivity index (χ0n) is 14.0. The quantitative estimate of drug-likeness (QED) is 0.659. The maximum absolute atomic E-state index is 12.5. The number of thiazole rings is 1. The maximum atomic E-state index is 12.5. The van der Waals surface area contributed by atoms with Gasteiger partial charge >= 0.3 is 0 Å². The normalized spacial score (nSPS) is 10.6. The fourth-order valence-electron chi connectivity index (χ4n) is 2.39. The third kappa shape index (κ3) is 4.81. The summed E-state index contributed by atoms with van der Waals surface area (Å²) in [4.78, 5) is 39.6. The lowest BCUT2D eigenvalue weighted by Gasteiger charge is -2.09. The van der Waals surface area contributed by atoms with Gasteiger partial charge in [0.25, 0.3) is 11.5 Å². The Morgan fingerprint density at radius 2 is 2.00 bits per heavy atom. The first kappa shape index (κ1) is 18.8. The Kier molecular flexibility index (Phi) is 5.68. The minimum Gasteiger partial charge on any atom is -0.369 e. The second kappa shape index (κ2) is 8.15. The first-order chi connectivity index (χ1) is 12.9. The molecule has 0 radical (unpaired) electrons. The van der Waals surface area contributed by atoms with Crippen molar-refractivity contribution >= 4 is 39.9 Å². The number of nitrogens with two attached hydrogens (primary N) is 1. The molecule has 0 unspecified atom stereocenters. The van der Waals surface area contributed by atoms with E-state index in [4.69, 9.17) is 17.3 Å². The number of carbonyl (C=O) groups excluding carboxylic acids is 2. The number of nitrogens with one attached hydrogen (secondary N) is 1. The second-order valence-electron chi connectivity index (χ2n) is 5.72. The number of primary amides is 1. The first-order valence-electron chi connectivity index (χ1n) is 7.90. The topological polar surface area (TPSA) is 107 Å². The Balaban J connectivity index is 1.77. The van der Waals surface area contributed by atoms with Crippen LogP contribution in [0.2, 0.25) is 5.02 Å². The first-order valence-corrected chi connectivity index (χ1v) is 9.16. The van der Waals surface area contributed by atoms with Crippen molar-refractivity contribution in [1.29, 1.82) is 0 Å². The molecule has 1 aromatic carbocycles. The average molecular weight is 403 g/mol. The van der Waals surface area contributed by atoms with Crippen molar-refractivity contribution in [2.45, 2.75) is 13.0 Å². The zero-order valence-corrected chi connectivity index (χ0v) is 15.6. The van der Waals surface area contributed by atoms with Crippen LogP contribution >= 0.6 is 22.9 Å². The predicted molar refractivity (Wildman–Crippen MR) is 104 cm³/mol. The standard InChI is InChI=1S/C18H15ClN4O3S/c19-14-4-2-1-3-11(14)8-23-9-12(5-6-16(23)25)17(26)22-18-21-13(10-27-18)7-15(20)24/h1-6,9-10H,7-8H2,(H2,20,24)(H,21,22,26). The van der Waals surface area contributed by atoms with E-state index < -0.39 is 11.8 Å². The van der Waals surface area contributed by atoms with Crippen molar-refractivity contribution in [3.8, 4) is 0 Å². The number of aromatic nitrogens is 2. The lowest BCUT2D eigenvalue weighted by atomic mass is 10.2. The number of benzene rings is 1. The molecule has 27 heavy (non-hydrogen) atoms. The summed E-state index contributed by atoms with van der Waals surface area (Å²) < 4.78 is 1.41. The van der Waals surface area contributed by atoms with Gasteiger partial charge in [0.05, 0.1) is 24.2 Å². The molecule has 0 fully saturated rings. The second-order valence-corrected chi connectivity index (χ2v) is 6.98. The van der Waals surface area contributed by atoms with Crippen LogP contribution in [0.4, 0.5) is 5.13 Å². The molecule has 7 nitrogen and oxygen atoms in total. The molecule has 138 valence electrons. The number of carbonyl (C=O) groups is 2. The number of hydrogen-bond acceptors (Lipinski definition) is 5. The van der Waals surface area contributed by atoms with E-state index in [1.165, 1.54) is 34.2 Å². The molecule has 3 N–H and O–H groups in total. The smallest absolute Gasteiger partial charge is 0.258 e. The summed E-state index contributed by atoms with van der Waals surface area (Å²) in [6.45, 7) is 0.250. The highest BCUT2D eigenvalue weighted by Gasteiger charge is 2.12. The van der Waals surface area contributed by atoms with Gasteiger partial charge in [0.1, 0.15) is 0 Å². The van der Waals surface area contributed by atoms with Gasteiger partial charge in [-0.2, -0.15) is 0 Å². The summed E-state index contributed by atoms with van der Waals surface area (Å²) in [6.07, 6.45) is 1.48. The zero-order chi connectivity index (χ0) is 19.4.